The van der Waals surface area contributed by atoms with E-state index in [-0.39, 0.29) is 24.3 Å². The third-order valence-electron chi connectivity index (χ3n) is 3.34. The van der Waals surface area contributed by atoms with Gasteiger partial charge in [0.25, 0.3) is 0 Å². The number of likely N-dealkylation sites (tertiary alicyclic amines) is 1. The Labute approximate surface area is 120 Å². The number of hydrogen-bond acceptors (Lipinski definition) is 5. The highest BCUT2D eigenvalue weighted by Gasteiger charge is 2.54. The smallest absolute Gasteiger partial charge is 0.410 e. The molecule has 2 aliphatic heterocycles. The Morgan fingerprint density at radius 2 is 2.00 bits per heavy atom. The molecule has 0 aromatic carbocycles. The SMILES string of the molecule is COC[C@@H]1C2OC(C)(C)O[C@@H]2CN1C(=O)OC(C)(C)C. The highest BCUT2D eigenvalue weighted by Crippen LogP contribution is 2.37. The van der Waals surface area contributed by atoms with E-state index in [2.05, 4.69) is 0 Å². The van der Waals surface area contributed by atoms with E-state index in [0.717, 1.165) is 0 Å². The summed E-state index contributed by atoms with van der Waals surface area (Å²) >= 11 is 0. The van der Waals surface area contributed by atoms with E-state index in [1.54, 1.807) is 12.0 Å². The second-order valence-corrected chi connectivity index (χ2v) is 6.79. The molecular formula is C14H25NO5. The van der Waals surface area contributed by atoms with Gasteiger partial charge in [-0.1, -0.05) is 0 Å². The van der Waals surface area contributed by atoms with Crippen LogP contribution in [0.4, 0.5) is 4.79 Å². The summed E-state index contributed by atoms with van der Waals surface area (Å²) in [6.07, 6.45) is -0.644. The molecule has 6 nitrogen and oxygen atoms in total. The first kappa shape index (κ1) is 15.5. The first-order valence-corrected chi connectivity index (χ1v) is 6.97. The average molecular weight is 287 g/mol. The highest BCUT2D eigenvalue weighted by atomic mass is 16.8. The molecule has 1 unspecified atom stereocenters. The summed E-state index contributed by atoms with van der Waals surface area (Å²) in [5.41, 5.74) is -0.520. The van der Waals surface area contributed by atoms with Crippen LogP contribution in [0.15, 0.2) is 0 Å². The molecule has 1 amide bonds. The monoisotopic (exact) mass is 287 g/mol. The quantitative estimate of drug-likeness (QED) is 0.774. The predicted octanol–water partition coefficient (Wildman–Crippen LogP) is 1.77. The normalized spacial score (nSPS) is 32.3. The second-order valence-electron chi connectivity index (χ2n) is 6.79. The number of rotatable bonds is 2. The Morgan fingerprint density at radius 1 is 1.35 bits per heavy atom. The molecular weight excluding hydrogens is 262 g/mol. The van der Waals surface area contributed by atoms with Crippen LogP contribution in [-0.2, 0) is 18.9 Å². The summed E-state index contributed by atoms with van der Waals surface area (Å²) < 4.78 is 22.4. The van der Waals surface area contributed by atoms with Crippen LogP contribution in [0.1, 0.15) is 34.6 Å². The third-order valence-corrected chi connectivity index (χ3v) is 3.34. The number of methoxy groups -OCH3 is 1. The fourth-order valence-corrected chi connectivity index (χ4v) is 2.72. The Balaban J connectivity index is 2.10. The minimum atomic E-state index is -0.610. The van der Waals surface area contributed by atoms with Crippen LogP contribution >= 0.6 is 0 Å². The zero-order valence-corrected chi connectivity index (χ0v) is 13.1. The van der Waals surface area contributed by atoms with Crippen LogP contribution in [0.2, 0.25) is 0 Å². The zero-order valence-electron chi connectivity index (χ0n) is 13.1. The van der Waals surface area contributed by atoms with Crippen LogP contribution in [0.25, 0.3) is 0 Å². The first-order chi connectivity index (χ1) is 9.13. The summed E-state index contributed by atoms with van der Waals surface area (Å²) in [6, 6.07) is -0.179. The van der Waals surface area contributed by atoms with Crippen molar-refractivity contribution in [2.45, 2.75) is 64.3 Å². The lowest BCUT2D eigenvalue weighted by Crippen LogP contribution is -2.46. The summed E-state index contributed by atoms with van der Waals surface area (Å²) in [4.78, 5) is 13.9. The number of fused-ring (bicyclic) bond motifs is 1. The second kappa shape index (κ2) is 5.16. The molecule has 0 aliphatic carbocycles. The van der Waals surface area contributed by atoms with E-state index in [4.69, 9.17) is 18.9 Å². The van der Waals surface area contributed by atoms with Crippen LogP contribution < -0.4 is 0 Å². The minimum absolute atomic E-state index is 0.127. The van der Waals surface area contributed by atoms with Crippen LogP contribution in [-0.4, -0.2) is 60.9 Å². The van der Waals surface area contributed by atoms with Crippen molar-refractivity contribution >= 4 is 6.09 Å². The van der Waals surface area contributed by atoms with Crippen molar-refractivity contribution in [3.05, 3.63) is 0 Å². The lowest BCUT2D eigenvalue weighted by Gasteiger charge is -2.31. The molecule has 0 aromatic rings. The molecule has 2 rings (SSSR count). The van der Waals surface area contributed by atoms with Gasteiger partial charge in [-0.15, -0.1) is 0 Å². The number of carbonyl (C=O) groups is 1. The van der Waals surface area contributed by atoms with Crippen molar-refractivity contribution in [2.24, 2.45) is 0 Å². The molecule has 0 spiro atoms. The number of carbonyl (C=O) groups excluding carboxylic acids is 1. The van der Waals surface area contributed by atoms with Crippen molar-refractivity contribution in [2.75, 3.05) is 20.3 Å². The van der Waals surface area contributed by atoms with Crippen molar-refractivity contribution in [1.29, 1.82) is 0 Å². The maximum absolute atomic E-state index is 12.3. The molecule has 2 aliphatic rings. The van der Waals surface area contributed by atoms with Crippen LogP contribution in [0.5, 0.6) is 0 Å². The molecule has 0 bridgehead atoms. The van der Waals surface area contributed by atoms with Crippen molar-refractivity contribution < 1.29 is 23.7 Å². The number of ether oxygens (including phenoxy) is 4. The van der Waals surface area contributed by atoms with Gasteiger partial charge in [-0.3, -0.25) is 4.90 Å². The molecule has 0 saturated carbocycles. The van der Waals surface area contributed by atoms with Gasteiger partial charge in [0, 0.05) is 7.11 Å². The van der Waals surface area contributed by atoms with Crippen molar-refractivity contribution in [3.63, 3.8) is 0 Å². The summed E-state index contributed by atoms with van der Waals surface area (Å²) in [6.45, 7) is 10.2. The van der Waals surface area contributed by atoms with Gasteiger partial charge in [-0.05, 0) is 34.6 Å². The predicted molar refractivity (Wildman–Crippen MR) is 72.4 cm³/mol. The minimum Gasteiger partial charge on any atom is -0.444 e. The molecule has 116 valence electrons. The molecule has 2 saturated heterocycles. The fraction of sp³-hybridized carbons (Fsp3) is 0.929. The van der Waals surface area contributed by atoms with Gasteiger partial charge >= 0.3 is 6.09 Å². The Morgan fingerprint density at radius 3 is 2.55 bits per heavy atom. The van der Waals surface area contributed by atoms with Gasteiger partial charge in [-0.25, -0.2) is 4.79 Å². The lowest BCUT2D eigenvalue weighted by molar-refractivity contribution is -0.162. The maximum Gasteiger partial charge on any atom is 0.410 e. The van der Waals surface area contributed by atoms with Gasteiger partial charge in [0.15, 0.2) is 5.79 Å². The average Bonchev–Trinajstić information content (AvgIpc) is 2.70. The third kappa shape index (κ3) is 3.24. The molecule has 2 heterocycles. The van der Waals surface area contributed by atoms with Gasteiger partial charge in [0.1, 0.15) is 17.8 Å². The summed E-state index contributed by atoms with van der Waals surface area (Å²) in [5, 5.41) is 0. The van der Waals surface area contributed by atoms with Crippen LogP contribution in [0.3, 0.4) is 0 Å². The summed E-state index contributed by atoms with van der Waals surface area (Å²) in [5.74, 6) is -0.610. The van der Waals surface area contributed by atoms with Gasteiger partial charge in [0.05, 0.1) is 19.2 Å². The standard InChI is InChI=1S/C14H25NO5/c1-13(2,3)20-12(16)15-7-10-11(9(15)8-17-6)19-14(4,5)18-10/h9-11H,7-8H2,1-6H3/t9-,10-,11?/m1/s1. The Hall–Kier alpha value is -0.850. The Kier molecular flexibility index (Phi) is 4.01. The highest BCUT2D eigenvalue weighted by molar-refractivity contribution is 5.69. The number of hydrogen-bond donors (Lipinski definition) is 0. The van der Waals surface area contributed by atoms with Crippen molar-refractivity contribution in [1.82, 2.24) is 4.90 Å². The largest absolute Gasteiger partial charge is 0.444 e. The maximum atomic E-state index is 12.3. The van der Waals surface area contributed by atoms with Gasteiger partial charge < -0.3 is 18.9 Å². The van der Waals surface area contributed by atoms with Crippen LogP contribution in [0, 0.1) is 0 Å². The molecule has 0 radical (unpaired) electrons. The van der Waals surface area contributed by atoms with E-state index in [0.29, 0.717) is 13.2 Å². The molecule has 0 N–H and O–H groups in total. The first-order valence-electron chi connectivity index (χ1n) is 6.97. The lowest BCUT2D eigenvalue weighted by atomic mass is 10.1. The van der Waals surface area contributed by atoms with E-state index in [1.165, 1.54) is 0 Å². The molecule has 6 heteroatoms. The topological polar surface area (TPSA) is 57.2 Å². The number of nitrogens with zero attached hydrogens (tertiary/aromatic N) is 1. The van der Waals surface area contributed by atoms with Crippen molar-refractivity contribution in [3.8, 4) is 0 Å². The van der Waals surface area contributed by atoms with E-state index in [9.17, 15) is 4.79 Å². The van der Waals surface area contributed by atoms with E-state index in [1.807, 2.05) is 34.6 Å². The molecule has 2 fully saturated rings. The van der Waals surface area contributed by atoms with E-state index >= 15 is 0 Å². The fourth-order valence-electron chi connectivity index (χ4n) is 2.72. The van der Waals surface area contributed by atoms with Gasteiger partial charge in [0.2, 0.25) is 0 Å². The zero-order chi connectivity index (χ0) is 15.1. The van der Waals surface area contributed by atoms with Gasteiger partial charge in [-0.2, -0.15) is 0 Å². The number of amides is 1. The molecule has 20 heavy (non-hydrogen) atoms. The summed E-state index contributed by atoms with van der Waals surface area (Å²) in [7, 11) is 1.61. The Bertz CT molecular complexity index is 376. The molecule has 0 aromatic heterocycles. The molecule has 3 atom stereocenters. The van der Waals surface area contributed by atoms with E-state index < -0.39 is 11.4 Å².